The molecule has 0 heterocycles. The molecular formula is C19H24FN3O. The minimum atomic E-state index is -0.288. The number of carbonyl (C=O) groups is 1. The second-order valence-electron chi connectivity index (χ2n) is 5.87. The summed E-state index contributed by atoms with van der Waals surface area (Å²) in [6.45, 7) is 3.31. The summed E-state index contributed by atoms with van der Waals surface area (Å²) in [6, 6.07) is 14.2. The summed E-state index contributed by atoms with van der Waals surface area (Å²) in [5.74, 6) is -0.288. The standard InChI is InChI=1S/C19H24FN3O/c1-4-23(14-16-8-5-9-17(20)11-16)19(24)21-13-15-7-6-10-18(12-15)22(2)3/h5-12H,4,13-14H2,1-3H3,(H,21,24). The molecule has 2 aromatic carbocycles. The van der Waals surface area contributed by atoms with Gasteiger partial charge in [0.2, 0.25) is 0 Å². The van der Waals surface area contributed by atoms with E-state index in [-0.39, 0.29) is 11.8 Å². The minimum Gasteiger partial charge on any atom is -0.378 e. The number of amides is 2. The molecule has 0 bridgehead atoms. The van der Waals surface area contributed by atoms with E-state index < -0.39 is 0 Å². The predicted molar refractivity (Wildman–Crippen MR) is 95.5 cm³/mol. The fourth-order valence-electron chi connectivity index (χ4n) is 2.42. The number of urea groups is 1. The number of carbonyl (C=O) groups excluding carboxylic acids is 1. The molecule has 0 radical (unpaired) electrons. The van der Waals surface area contributed by atoms with Crippen molar-refractivity contribution < 1.29 is 9.18 Å². The Hall–Kier alpha value is -2.56. The van der Waals surface area contributed by atoms with Gasteiger partial charge in [0.15, 0.2) is 0 Å². The van der Waals surface area contributed by atoms with E-state index in [4.69, 9.17) is 0 Å². The highest BCUT2D eigenvalue weighted by Gasteiger charge is 2.12. The summed E-state index contributed by atoms with van der Waals surface area (Å²) in [6.07, 6.45) is 0. The summed E-state index contributed by atoms with van der Waals surface area (Å²) in [4.78, 5) is 16.0. The Morgan fingerprint density at radius 2 is 1.79 bits per heavy atom. The van der Waals surface area contributed by atoms with Gasteiger partial charge in [-0.05, 0) is 42.3 Å². The normalized spacial score (nSPS) is 10.3. The van der Waals surface area contributed by atoms with Gasteiger partial charge in [-0.3, -0.25) is 0 Å². The van der Waals surface area contributed by atoms with Crippen LogP contribution in [0.5, 0.6) is 0 Å². The number of hydrogen-bond acceptors (Lipinski definition) is 2. The van der Waals surface area contributed by atoms with E-state index in [2.05, 4.69) is 5.32 Å². The number of rotatable bonds is 6. The first-order chi connectivity index (χ1) is 11.5. The molecule has 0 unspecified atom stereocenters. The molecule has 0 fully saturated rings. The van der Waals surface area contributed by atoms with E-state index in [1.807, 2.05) is 56.3 Å². The number of anilines is 1. The van der Waals surface area contributed by atoms with Gasteiger partial charge >= 0.3 is 6.03 Å². The van der Waals surface area contributed by atoms with Gasteiger partial charge in [-0.15, -0.1) is 0 Å². The molecule has 4 nitrogen and oxygen atoms in total. The average Bonchev–Trinajstić information content (AvgIpc) is 2.58. The Balaban J connectivity index is 1.95. The Morgan fingerprint density at radius 3 is 2.46 bits per heavy atom. The van der Waals surface area contributed by atoms with Crippen molar-refractivity contribution in [3.8, 4) is 0 Å². The fraction of sp³-hybridized carbons (Fsp3) is 0.316. The summed E-state index contributed by atoms with van der Waals surface area (Å²) < 4.78 is 13.3. The third-order valence-corrected chi connectivity index (χ3v) is 3.80. The molecule has 0 aliphatic rings. The van der Waals surface area contributed by atoms with Crippen LogP contribution in [0, 0.1) is 5.82 Å². The lowest BCUT2D eigenvalue weighted by Crippen LogP contribution is -2.39. The van der Waals surface area contributed by atoms with Crippen molar-refractivity contribution in [3.05, 3.63) is 65.5 Å². The number of nitrogens with one attached hydrogen (secondary N) is 1. The van der Waals surface area contributed by atoms with Crippen LogP contribution in [0.15, 0.2) is 48.5 Å². The summed E-state index contributed by atoms with van der Waals surface area (Å²) in [5, 5.41) is 2.93. The maximum atomic E-state index is 13.3. The average molecular weight is 329 g/mol. The molecule has 0 aromatic heterocycles. The van der Waals surface area contributed by atoms with Gasteiger partial charge in [0.1, 0.15) is 5.82 Å². The fourth-order valence-corrected chi connectivity index (χ4v) is 2.42. The molecule has 0 aliphatic heterocycles. The van der Waals surface area contributed by atoms with E-state index in [9.17, 15) is 9.18 Å². The maximum Gasteiger partial charge on any atom is 0.317 e. The van der Waals surface area contributed by atoms with E-state index in [0.29, 0.717) is 19.6 Å². The highest BCUT2D eigenvalue weighted by molar-refractivity contribution is 5.74. The van der Waals surface area contributed by atoms with Crippen LogP contribution in [0.1, 0.15) is 18.1 Å². The highest BCUT2D eigenvalue weighted by Crippen LogP contribution is 2.13. The predicted octanol–water partition coefficient (Wildman–Crippen LogP) is 3.62. The molecule has 5 heteroatoms. The van der Waals surface area contributed by atoms with Gasteiger partial charge in [-0.2, -0.15) is 0 Å². The van der Waals surface area contributed by atoms with Crippen LogP contribution >= 0.6 is 0 Å². The molecule has 0 spiro atoms. The summed E-state index contributed by atoms with van der Waals surface area (Å²) in [5.41, 5.74) is 2.91. The third kappa shape index (κ3) is 4.98. The Morgan fingerprint density at radius 1 is 1.08 bits per heavy atom. The molecule has 1 N–H and O–H groups in total. The van der Waals surface area contributed by atoms with Crippen LogP contribution < -0.4 is 10.2 Å². The molecule has 0 atom stereocenters. The number of hydrogen-bond donors (Lipinski definition) is 1. The Labute approximate surface area is 142 Å². The van der Waals surface area contributed by atoms with E-state index in [1.165, 1.54) is 12.1 Å². The summed E-state index contributed by atoms with van der Waals surface area (Å²) in [7, 11) is 3.96. The molecular weight excluding hydrogens is 305 g/mol. The molecule has 2 aromatic rings. The van der Waals surface area contributed by atoms with Gasteiger partial charge in [0.25, 0.3) is 0 Å². The van der Waals surface area contributed by atoms with Crippen LogP contribution in [0.25, 0.3) is 0 Å². The van der Waals surface area contributed by atoms with Crippen molar-refractivity contribution in [3.63, 3.8) is 0 Å². The van der Waals surface area contributed by atoms with E-state index in [0.717, 1.165) is 16.8 Å². The largest absolute Gasteiger partial charge is 0.378 e. The molecule has 2 amide bonds. The number of nitrogens with zero attached hydrogens (tertiary/aromatic N) is 2. The van der Waals surface area contributed by atoms with Crippen molar-refractivity contribution in [2.75, 3.05) is 25.5 Å². The zero-order valence-corrected chi connectivity index (χ0v) is 14.4. The van der Waals surface area contributed by atoms with E-state index in [1.54, 1.807) is 11.0 Å². The van der Waals surface area contributed by atoms with Crippen molar-refractivity contribution in [2.45, 2.75) is 20.0 Å². The third-order valence-electron chi connectivity index (χ3n) is 3.80. The first-order valence-electron chi connectivity index (χ1n) is 8.03. The van der Waals surface area contributed by atoms with Crippen LogP contribution in [-0.4, -0.2) is 31.6 Å². The molecule has 0 aliphatic carbocycles. The monoisotopic (exact) mass is 329 g/mol. The van der Waals surface area contributed by atoms with Crippen molar-refractivity contribution in [1.29, 1.82) is 0 Å². The SMILES string of the molecule is CCN(Cc1cccc(F)c1)C(=O)NCc1cccc(N(C)C)c1. The first kappa shape index (κ1) is 17.8. The topological polar surface area (TPSA) is 35.6 Å². The lowest BCUT2D eigenvalue weighted by atomic mass is 10.2. The molecule has 0 saturated carbocycles. The van der Waals surface area contributed by atoms with Crippen molar-refractivity contribution in [1.82, 2.24) is 10.2 Å². The molecule has 0 saturated heterocycles. The molecule has 128 valence electrons. The van der Waals surface area contributed by atoms with Gasteiger partial charge in [-0.1, -0.05) is 24.3 Å². The van der Waals surface area contributed by atoms with Crippen LogP contribution in [0.2, 0.25) is 0 Å². The Bertz CT molecular complexity index is 688. The van der Waals surface area contributed by atoms with Crippen LogP contribution in [0.4, 0.5) is 14.9 Å². The quantitative estimate of drug-likeness (QED) is 0.878. The zero-order chi connectivity index (χ0) is 17.5. The van der Waals surface area contributed by atoms with Gasteiger partial charge < -0.3 is 15.1 Å². The maximum absolute atomic E-state index is 13.3. The molecule has 24 heavy (non-hydrogen) atoms. The first-order valence-corrected chi connectivity index (χ1v) is 8.03. The minimum absolute atomic E-state index is 0.156. The van der Waals surface area contributed by atoms with Crippen molar-refractivity contribution in [2.24, 2.45) is 0 Å². The zero-order valence-electron chi connectivity index (χ0n) is 14.4. The highest BCUT2D eigenvalue weighted by atomic mass is 19.1. The second kappa shape index (κ2) is 8.34. The van der Waals surface area contributed by atoms with Crippen LogP contribution in [-0.2, 0) is 13.1 Å². The second-order valence-corrected chi connectivity index (χ2v) is 5.87. The lowest BCUT2D eigenvalue weighted by Gasteiger charge is -2.22. The summed E-state index contributed by atoms with van der Waals surface area (Å²) >= 11 is 0. The Kier molecular flexibility index (Phi) is 6.18. The number of benzene rings is 2. The molecule has 2 rings (SSSR count). The van der Waals surface area contributed by atoms with Gasteiger partial charge in [-0.25, -0.2) is 9.18 Å². The van der Waals surface area contributed by atoms with Crippen LogP contribution in [0.3, 0.4) is 0 Å². The van der Waals surface area contributed by atoms with Gasteiger partial charge in [0, 0.05) is 39.4 Å². The van der Waals surface area contributed by atoms with Crippen molar-refractivity contribution >= 4 is 11.7 Å². The van der Waals surface area contributed by atoms with E-state index >= 15 is 0 Å². The number of halogens is 1. The smallest absolute Gasteiger partial charge is 0.317 e. The van der Waals surface area contributed by atoms with Gasteiger partial charge in [0.05, 0.1) is 0 Å². The lowest BCUT2D eigenvalue weighted by molar-refractivity contribution is 0.197.